The SMILES string of the molecule is C=C1CC[C@H](O)[C@@]2(C)CC[C@@H](C(C)=O)[C@@H](OC(=O)/C=C/C(C)(C)O)[C@H]12. The van der Waals surface area contributed by atoms with Crippen LogP contribution < -0.4 is 0 Å². The van der Waals surface area contributed by atoms with E-state index in [0.717, 1.165) is 5.57 Å². The maximum atomic E-state index is 12.3. The molecular weight excluding hydrogens is 320 g/mol. The first-order valence-electron chi connectivity index (χ1n) is 8.94. The number of hydrogen-bond donors (Lipinski definition) is 2. The zero-order valence-electron chi connectivity index (χ0n) is 15.6. The molecule has 0 amide bonds. The Hall–Kier alpha value is -1.46. The molecule has 0 bridgehead atoms. The predicted octanol–water partition coefficient (Wildman–Crippen LogP) is 2.56. The lowest BCUT2D eigenvalue weighted by molar-refractivity contribution is -0.168. The highest BCUT2D eigenvalue weighted by Crippen LogP contribution is 2.54. The van der Waals surface area contributed by atoms with Crippen LogP contribution in [0.15, 0.2) is 24.3 Å². The van der Waals surface area contributed by atoms with Gasteiger partial charge in [-0.15, -0.1) is 0 Å². The monoisotopic (exact) mass is 350 g/mol. The molecule has 0 aromatic rings. The van der Waals surface area contributed by atoms with Crippen LogP contribution >= 0.6 is 0 Å². The summed E-state index contributed by atoms with van der Waals surface area (Å²) in [4.78, 5) is 24.4. The van der Waals surface area contributed by atoms with Crippen LogP contribution in [0.2, 0.25) is 0 Å². The van der Waals surface area contributed by atoms with Crippen LogP contribution in [0.1, 0.15) is 53.4 Å². The molecule has 140 valence electrons. The lowest BCUT2D eigenvalue weighted by atomic mass is 9.54. The van der Waals surface area contributed by atoms with Gasteiger partial charge in [0.05, 0.1) is 17.6 Å². The van der Waals surface area contributed by atoms with E-state index in [0.29, 0.717) is 25.7 Å². The third-order valence-corrected chi connectivity index (χ3v) is 5.77. The Morgan fingerprint density at radius 2 is 2.00 bits per heavy atom. The molecule has 2 N–H and O–H groups in total. The van der Waals surface area contributed by atoms with E-state index >= 15 is 0 Å². The van der Waals surface area contributed by atoms with Crippen LogP contribution in [0.4, 0.5) is 0 Å². The molecular formula is C20H30O5. The van der Waals surface area contributed by atoms with Crippen LogP contribution in [0.3, 0.4) is 0 Å². The summed E-state index contributed by atoms with van der Waals surface area (Å²) >= 11 is 0. The molecule has 5 heteroatoms. The molecule has 2 rings (SSSR count). The van der Waals surface area contributed by atoms with Gasteiger partial charge in [0.25, 0.3) is 0 Å². The first-order chi connectivity index (χ1) is 11.5. The maximum absolute atomic E-state index is 12.3. The molecule has 2 saturated carbocycles. The second-order valence-electron chi connectivity index (χ2n) is 8.34. The van der Waals surface area contributed by atoms with Crippen LogP contribution in [0.25, 0.3) is 0 Å². The topological polar surface area (TPSA) is 83.8 Å². The highest BCUT2D eigenvalue weighted by atomic mass is 16.5. The van der Waals surface area contributed by atoms with E-state index in [4.69, 9.17) is 4.74 Å². The second kappa shape index (κ2) is 7.04. The fraction of sp³-hybridized carbons (Fsp3) is 0.700. The molecule has 25 heavy (non-hydrogen) atoms. The van der Waals surface area contributed by atoms with Crippen molar-refractivity contribution in [3.8, 4) is 0 Å². The van der Waals surface area contributed by atoms with E-state index in [1.54, 1.807) is 13.8 Å². The summed E-state index contributed by atoms with van der Waals surface area (Å²) in [6.45, 7) is 10.8. The zero-order valence-corrected chi connectivity index (χ0v) is 15.6. The van der Waals surface area contributed by atoms with E-state index in [1.165, 1.54) is 19.1 Å². The van der Waals surface area contributed by atoms with Gasteiger partial charge in [-0.3, -0.25) is 4.79 Å². The van der Waals surface area contributed by atoms with E-state index in [2.05, 4.69) is 6.58 Å². The molecule has 5 nitrogen and oxygen atoms in total. The van der Waals surface area contributed by atoms with E-state index in [9.17, 15) is 19.8 Å². The summed E-state index contributed by atoms with van der Waals surface area (Å²) in [6.07, 6.45) is 4.04. The normalized spacial score (nSPS) is 36.2. The van der Waals surface area contributed by atoms with Crippen LogP contribution in [0, 0.1) is 17.3 Å². The molecule has 5 atom stereocenters. The Labute approximate surface area is 149 Å². The number of carbonyl (C=O) groups excluding carboxylic acids is 2. The predicted molar refractivity (Wildman–Crippen MR) is 94.7 cm³/mol. The Balaban J connectivity index is 2.31. The third-order valence-electron chi connectivity index (χ3n) is 5.77. The summed E-state index contributed by atoms with van der Waals surface area (Å²) < 4.78 is 5.68. The molecule has 0 heterocycles. The summed E-state index contributed by atoms with van der Waals surface area (Å²) in [5, 5.41) is 20.3. The first kappa shape index (κ1) is 19.9. The Morgan fingerprint density at radius 3 is 2.56 bits per heavy atom. The number of aliphatic hydroxyl groups excluding tert-OH is 1. The number of hydrogen-bond acceptors (Lipinski definition) is 5. The fourth-order valence-electron chi connectivity index (χ4n) is 4.30. The van der Waals surface area contributed by atoms with Gasteiger partial charge in [0, 0.05) is 17.4 Å². The minimum atomic E-state index is -1.12. The lowest BCUT2D eigenvalue weighted by Gasteiger charge is -2.53. The fourth-order valence-corrected chi connectivity index (χ4v) is 4.30. The number of Topliss-reactive ketones (excluding diaryl/α,β-unsaturated/α-hetero) is 1. The third kappa shape index (κ3) is 4.21. The van der Waals surface area contributed by atoms with E-state index in [1.807, 2.05) is 6.92 Å². The minimum absolute atomic E-state index is 0.0146. The number of ether oxygens (including phenoxy) is 1. The zero-order chi connectivity index (χ0) is 19.0. The van der Waals surface area contributed by atoms with Crippen molar-refractivity contribution < 1.29 is 24.5 Å². The van der Waals surface area contributed by atoms with Gasteiger partial charge in [0.15, 0.2) is 0 Å². The highest BCUT2D eigenvalue weighted by Gasteiger charge is 2.55. The van der Waals surface area contributed by atoms with Gasteiger partial charge in [-0.25, -0.2) is 4.79 Å². The van der Waals surface area contributed by atoms with Crippen molar-refractivity contribution >= 4 is 11.8 Å². The van der Waals surface area contributed by atoms with Gasteiger partial charge < -0.3 is 14.9 Å². The summed E-state index contributed by atoms with van der Waals surface area (Å²) in [7, 11) is 0. The summed E-state index contributed by atoms with van der Waals surface area (Å²) in [6, 6.07) is 0. The van der Waals surface area contributed by atoms with E-state index in [-0.39, 0.29) is 17.6 Å². The lowest BCUT2D eigenvalue weighted by Crippen LogP contribution is -2.56. The van der Waals surface area contributed by atoms with Gasteiger partial charge in [-0.1, -0.05) is 19.1 Å². The van der Waals surface area contributed by atoms with Gasteiger partial charge in [0.2, 0.25) is 0 Å². The van der Waals surface area contributed by atoms with E-state index < -0.39 is 29.2 Å². The van der Waals surface area contributed by atoms with Gasteiger partial charge in [-0.2, -0.15) is 0 Å². The van der Waals surface area contributed by atoms with Gasteiger partial charge in [-0.05, 0) is 52.5 Å². The van der Waals surface area contributed by atoms with Crippen molar-refractivity contribution in [3.05, 3.63) is 24.3 Å². The number of esters is 1. The Bertz CT molecular complexity index is 585. The first-order valence-corrected chi connectivity index (χ1v) is 8.94. The minimum Gasteiger partial charge on any atom is -0.458 e. The van der Waals surface area contributed by atoms with Crippen molar-refractivity contribution in [2.45, 2.75) is 71.2 Å². The van der Waals surface area contributed by atoms with Crippen molar-refractivity contribution in [2.75, 3.05) is 0 Å². The number of carbonyl (C=O) groups is 2. The Morgan fingerprint density at radius 1 is 1.36 bits per heavy atom. The standard InChI is InChI=1S/C20H30O5/c1-12-6-7-15(22)20(5)11-8-14(13(2)21)18(17(12)20)25-16(23)9-10-19(3,4)24/h9-10,14-15,17-18,22,24H,1,6-8,11H2,2-5H3/b10-9+/t14-,15-,17-,18+,20+/m0/s1. The van der Waals surface area contributed by atoms with Crippen molar-refractivity contribution in [1.82, 2.24) is 0 Å². The second-order valence-corrected chi connectivity index (χ2v) is 8.34. The van der Waals surface area contributed by atoms with Gasteiger partial charge in [0.1, 0.15) is 11.9 Å². The van der Waals surface area contributed by atoms with Crippen molar-refractivity contribution in [3.63, 3.8) is 0 Å². The number of aliphatic hydroxyl groups is 2. The molecule has 0 aliphatic heterocycles. The molecule has 0 aromatic heterocycles. The van der Waals surface area contributed by atoms with Crippen molar-refractivity contribution in [1.29, 1.82) is 0 Å². The molecule has 0 saturated heterocycles. The highest BCUT2D eigenvalue weighted by molar-refractivity contribution is 5.84. The molecule has 0 spiro atoms. The maximum Gasteiger partial charge on any atom is 0.330 e. The molecule has 0 aromatic carbocycles. The average Bonchev–Trinajstić information content (AvgIpc) is 2.48. The summed E-state index contributed by atoms with van der Waals surface area (Å²) in [5.74, 6) is -1.23. The van der Waals surface area contributed by atoms with Crippen LogP contribution in [-0.2, 0) is 14.3 Å². The summed E-state index contributed by atoms with van der Waals surface area (Å²) in [5.41, 5.74) is -0.625. The number of ketones is 1. The van der Waals surface area contributed by atoms with Crippen LogP contribution in [0.5, 0.6) is 0 Å². The molecule has 0 unspecified atom stereocenters. The number of rotatable bonds is 4. The average molecular weight is 350 g/mol. The molecule has 2 fully saturated rings. The molecule has 0 radical (unpaired) electrons. The van der Waals surface area contributed by atoms with Gasteiger partial charge >= 0.3 is 5.97 Å². The van der Waals surface area contributed by atoms with Crippen LogP contribution in [-0.4, -0.2) is 39.8 Å². The Kier molecular flexibility index (Phi) is 5.59. The number of fused-ring (bicyclic) bond motifs is 1. The largest absolute Gasteiger partial charge is 0.458 e. The molecule has 2 aliphatic carbocycles. The quantitative estimate of drug-likeness (QED) is 0.462. The van der Waals surface area contributed by atoms with Crippen molar-refractivity contribution in [2.24, 2.45) is 17.3 Å². The smallest absolute Gasteiger partial charge is 0.330 e. The molecule has 2 aliphatic rings.